The van der Waals surface area contributed by atoms with Crippen LogP contribution in [0.1, 0.15) is 38.1 Å². The highest BCUT2D eigenvalue weighted by atomic mass is 16.3. The second kappa shape index (κ2) is 5.82. The molecule has 0 unspecified atom stereocenters. The highest BCUT2D eigenvalue weighted by Crippen LogP contribution is 2.10. The maximum absolute atomic E-state index is 12.0. The molecule has 0 aromatic carbocycles. The lowest BCUT2D eigenvalue weighted by atomic mass is 10.1. The molecule has 0 aliphatic carbocycles. The number of nitrogens with zero attached hydrogens (tertiary/aromatic N) is 1. The number of aromatic nitrogens is 1. The van der Waals surface area contributed by atoms with E-state index in [-0.39, 0.29) is 18.6 Å². The number of nitrogens with one attached hydrogen (secondary N) is 2. The van der Waals surface area contributed by atoms with Crippen molar-refractivity contribution < 1.29 is 9.90 Å². The molecule has 0 saturated carbocycles. The lowest BCUT2D eigenvalue weighted by molar-refractivity contribution is 0.0869. The van der Waals surface area contributed by atoms with Crippen LogP contribution in [-0.2, 0) is 0 Å². The van der Waals surface area contributed by atoms with Crippen molar-refractivity contribution in [2.24, 2.45) is 0 Å². The van der Waals surface area contributed by atoms with Crippen LogP contribution in [0.2, 0.25) is 0 Å². The molecule has 5 nitrogen and oxygen atoms in total. The van der Waals surface area contributed by atoms with E-state index in [0.717, 1.165) is 0 Å². The number of aliphatic hydroxyl groups excluding tert-OH is 1. The van der Waals surface area contributed by atoms with Crippen molar-refractivity contribution in [3.05, 3.63) is 23.9 Å². The van der Waals surface area contributed by atoms with Gasteiger partial charge in [0.2, 0.25) is 0 Å². The van der Waals surface area contributed by atoms with Crippen molar-refractivity contribution in [3.63, 3.8) is 0 Å². The molecule has 0 saturated heterocycles. The van der Waals surface area contributed by atoms with Gasteiger partial charge in [-0.05, 0) is 39.8 Å². The van der Waals surface area contributed by atoms with Crippen LogP contribution in [-0.4, -0.2) is 34.2 Å². The van der Waals surface area contributed by atoms with E-state index in [1.165, 1.54) is 0 Å². The zero-order valence-corrected chi connectivity index (χ0v) is 11.3. The SMILES string of the molecule is CC(C)Nc1cc(C(=O)NC(C)(C)CO)ccn1. The van der Waals surface area contributed by atoms with E-state index in [2.05, 4.69) is 15.6 Å². The minimum absolute atomic E-state index is 0.110. The smallest absolute Gasteiger partial charge is 0.251 e. The maximum Gasteiger partial charge on any atom is 0.251 e. The molecule has 0 aliphatic rings. The third-order valence-electron chi connectivity index (χ3n) is 2.31. The Balaban J connectivity index is 2.80. The molecule has 1 amide bonds. The van der Waals surface area contributed by atoms with Crippen LogP contribution >= 0.6 is 0 Å². The van der Waals surface area contributed by atoms with Gasteiger partial charge in [0.05, 0.1) is 12.1 Å². The normalized spacial score (nSPS) is 11.4. The van der Waals surface area contributed by atoms with Crippen molar-refractivity contribution in [2.75, 3.05) is 11.9 Å². The number of rotatable bonds is 5. The summed E-state index contributed by atoms with van der Waals surface area (Å²) in [7, 11) is 0. The Morgan fingerprint density at radius 2 is 2.17 bits per heavy atom. The summed E-state index contributed by atoms with van der Waals surface area (Å²) in [6.45, 7) is 7.42. The summed E-state index contributed by atoms with van der Waals surface area (Å²) in [6.07, 6.45) is 1.59. The molecule has 1 heterocycles. The van der Waals surface area contributed by atoms with Crippen molar-refractivity contribution in [1.82, 2.24) is 10.3 Å². The minimum atomic E-state index is -0.633. The average molecular weight is 251 g/mol. The van der Waals surface area contributed by atoms with Crippen molar-refractivity contribution in [2.45, 2.75) is 39.3 Å². The molecule has 5 heteroatoms. The topological polar surface area (TPSA) is 74.2 Å². The van der Waals surface area contributed by atoms with E-state index in [9.17, 15) is 4.79 Å². The molecule has 18 heavy (non-hydrogen) atoms. The predicted octanol–water partition coefficient (Wildman–Crippen LogP) is 1.40. The third-order valence-corrected chi connectivity index (χ3v) is 2.31. The number of aliphatic hydroxyl groups is 1. The van der Waals surface area contributed by atoms with Gasteiger partial charge >= 0.3 is 0 Å². The molecule has 0 fully saturated rings. The number of anilines is 1. The molecule has 0 spiro atoms. The zero-order chi connectivity index (χ0) is 13.8. The fraction of sp³-hybridized carbons (Fsp3) is 0.538. The van der Waals surface area contributed by atoms with E-state index in [0.29, 0.717) is 11.4 Å². The molecule has 1 aromatic heterocycles. The Bertz CT molecular complexity index is 416. The summed E-state index contributed by atoms with van der Waals surface area (Å²) < 4.78 is 0. The lowest BCUT2D eigenvalue weighted by Crippen LogP contribution is -2.46. The van der Waals surface area contributed by atoms with E-state index < -0.39 is 5.54 Å². The van der Waals surface area contributed by atoms with Crippen LogP contribution in [0.25, 0.3) is 0 Å². The van der Waals surface area contributed by atoms with Gasteiger partial charge in [0.25, 0.3) is 5.91 Å². The Hall–Kier alpha value is -1.62. The molecule has 0 bridgehead atoms. The van der Waals surface area contributed by atoms with Gasteiger partial charge in [-0.15, -0.1) is 0 Å². The number of hydrogen-bond acceptors (Lipinski definition) is 4. The summed E-state index contributed by atoms with van der Waals surface area (Å²) in [6, 6.07) is 3.60. The highest BCUT2D eigenvalue weighted by Gasteiger charge is 2.20. The first-order chi connectivity index (χ1) is 8.34. The van der Waals surface area contributed by atoms with E-state index in [1.54, 1.807) is 32.2 Å². The van der Waals surface area contributed by atoms with Crippen LogP contribution in [0.5, 0.6) is 0 Å². The van der Waals surface area contributed by atoms with Gasteiger partial charge in [-0.1, -0.05) is 0 Å². The number of carbonyl (C=O) groups excluding carboxylic acids is 1. The van der Waals surface area contributed by atoms with Crippen molar-refractivity contribution in [1.29, 1.82) is 0 Å². The number of amides is 1. The van der Waals surface area contributed by atoms with E-state index in [1.807, 2.05) is 13.8 Å². The summed E-state index contributed by atoms with van der Waals surface area (Å²) in [5.41, 5.74) is -0.110. The Morgan fingerprint density at radius 3 is 2.72 bits per heavy atom. The van der Waals surface area contributed by atoms with Crippen molar-refractivity contribution in [3.8, 4) is 0 Å². The van der Waals surface area contributed by atoms with E-state index in [4.69, 9.17) is 5.11 Å². The first-order valence-corrected chi connectivity index (χ1v) is 6.00. The second-order valence-electron chi connectivity index (χ2n) is 5.22. The minimum Gasteiger partial charge on any atom is -0.394 e. The fourth-order valence-electron chi connectivity index (χ4n) is 1.37. The number of pyridine rings is 1. The molecule has 3 N–H and O–H groups in total. The van der Waals surface area contributed by atoms with Gasteiger partial charge in [-0.25, -0.2) is 4.98 Å². The summed E-state index contributed by atoms with van der Waals surface area (Å²) in [4.78, 5) is 16.1. The predicted molar refractivity (Wildman–Crippen MR) is 71.6 cm³/mol. The maximum atomic E-state index is 12.0. The first kappa shape index (κ1) is 14.4. The summed E-state index contributed by atoms with van der Waals surface area (Å²) >= 11 is 0. The molecule has 0 atom stereocenters. The van der Waals surface area contributed by atoms with Crippen LogP contribution < -0.4 is 10.6 Å². The van der Waals surface area contributed by atoms with Crippen LogP contribution in [0, 0.1) is 0 Å². The number of hydrogen-bond donors (Lipinski definition) is 3. The monoisotopic (exact) mass is 251 g/mol. The molecule has 0 aliphatic heterocycles. The Morgan fingerprint density at radius 1 is 1.50 bits per heavy atom. The number of carbonyl (C=O) groups is 1. The summed E-state index contributed by atoms with van der Waals surface area (Å²) in [5.74, 6) is 0.447. The molecule has 1 rings (SSSR count). The van der Waals surface area contributed by atoms with Crippen LogP contribution in [0.3, 0.4) is 0 Å². The van der Waals surface area contributed by atoms with Crippen LogP contribution in [0.4, 0.5) is 5.82 Å². The Kier molecular flexibility index (Phi) is 4.67. The quantitative estimate of drug-likeness (QED) is 0.739. The molecular formula is C13H21N3O2. The molecule has 0 radical (unpaired) electrons. The molecular weight excluding hydrogens is 230 g/mol. The first-order valence-electron chi connectivity index (χ1n) is 6.00. The largest absolute Gasteiger partial charge is 0.394 e. The van der Waals surface area contributed by atoms with Gasteiger partial charge in [-0.3, -0.25) is 4.79 Å². The lowest BCUT2D eigenvalue weighted by Gasteiger charge is -2.23. The zero-order valence-electron chi connectivity index (χ0n) is 11.3. The van der Waals surface area contributed by atoms with Crippen LogP contribution in [0.15, 0.2) is 18.3 Å². The van der Waals surface area contributed by atoms with Gasteiger partial charge in [0.15, 0.2) is 0 Å². The Labute approximate surface area is 108 Å². The standard InChI is InChI=1S/C13H21N3O2/c1-9(2)15-11-7-10(5-6-14-11)12(18)16-13(3,4)8-17/h5-7,9,17H,8H2,1-4H3,(H,14,15)(H,16,18). The average Bonchev–Trinajstić information content (AvgIpc) is 2.28. The van der Waals surface area contributed by atoms with Gasteiger partial charge < -0.3 is 15.7 Å². The van der Waals surface area contributed by atoms with Gasteiger partial charge in [0, 0.05) is 17.8 Å². The molecule has 100 valence electrons. The highest BCUT2D eigenvalue weighted by molar-refractivity contribution is 5.95. The fourth-order valence-corrected chi connectivity index (χ4v) is 1.37. The van der Waals surface area contributed by atoms with Crippen molar-refractivity contribution >= 4 is 11.7 Å². The van der Waals surface area contributed by atoms with E-state index >= 15 is 0 Å². The molecule has 1 aromatic rings. The van der Waals surface area contributed by atoms with Gasteiger partial charge in [0.1, 0.15) is 5.82 Å². The second-order valence-corrected chi connectivity index (χ2v) is 5.22. The third kappa shape index (κ3) is 4.33. The summed E-state index contributed by atoms with van der Waals surface area (Å²) in [5, 5.41) is 15.0. The van der Waals surface area contributed by atoms with Gasteiger partial charge in [-0.2, -0.15) is 0 Å².